The van der Waals surface area contributed by atoms with Gasteiger partial charge in [-0.15, -0.1) is 5.10 Å². The molecule has 0 radical (unpaired) electrons. The minimum atomic E-state index is -0.0266. The average molecular weight is 458 g/mol. The van der Waals surface area contributed by atoms with Gasteiger partial charge >= 0.3 is 0 Å². The average Bonchev–Trinajstić information content (AvgIpc) is 3.23. The number of piperidine rings is 1. The molecule has 1 saturated heterocycles. The smallest absolute Gasteiger partial charge is 0.278 e. The van der Waals surface area contributed by atoms with Crippen molar-refractivity contribution in [1.82, 2.24) is 19.9 Å². The lowest BCUT2D eigenvalue weighted by Crippen LogP contribution is -2.40. The first kappa shape index (κ1) is 20.5. The quantitative estimate of drug-likeness (QED) is 0.650. The van der Waals surface area contributed by atoms with Gasteiger partial charge in [0.1, 0.15) is 0 Å². The van der Waals surface area contributed by atoms with E-state index in [0.717, 1.165) is 73.6 Å². The molecule has 0 unspecified atom stereocenters. The Morgan fingerprint density at radius 2 is 1.97 bits per heavy atom. The second-order valence-corrected chi connectivity index (χ2v) is 9.54. The zero-order valence-electron chi connectivity index (χ0n) is 17.1. The molecule has 7 nitrogen and oxygen atoms in total. The maximum absolute atomic E-state index is 12.8. The lowest BCUT2D eigenvalue weighted by atomic mass is 9.96. The van der Waals surface area contributed by atoms with E-state index in [2.05, 4.69) is 15.3 Å². The maximum Gasteiger partial charge on any atom is 0.278 e. The van der Waals surface area contributed by atoms with E-state index < -0.39 is 0 Å². The lowest BCUT2D eigenvalue weighted by molar-refractivity contribution is -0.125. The van der Waals surface area contributed by atoms with Crippen molar-refractivity contribution in [3.8, 4) is 0 Å². The third kappa shape index (κ3) is 4.06. The Hall–Kier alpha value is -2.45. The first-order chi connectivity index (χ1) is 15.1. The van der Waals surface area contributed by atoms with Crippen molar-refractivity contribution in [2.45, 2.75) is 45.1 Å². The fourth-order valence-corrected chi connectivity index (χ4v) is 5.56. The number of fused-ring (bicyclic) bond motifs is 2. The lowest BCUT2D eigenvalue weighted by Gasteiger charge is -2.30. The van der Waals surface area contributed by atoms with Gasteiger partial charge in [0.25, 0.3) is 5.56 Å². The molecule has 3 heterocycles. The number of hydrogen-bond acceptors (Lipinski definition) is 6. The van der Waals surface area contributed by atoms with E-state index >= 15 is 0 Å². The molecule has 1 N–H and O–H groups in total. The summed E-state index contributed by atoms with van der Waals surface area (Å²) >= 11 is 7.63. The van der Waals surface area contributed by atoms with E-state index in [1.165, 1.54) is 15.9 Å². The fourth-order valence-electron chi connectivity index (χ4n) is 4.39. The number of halogens is 1. The van der Waals surface area contributed by atoms with Crippen LogP contribution in [0.2, 0.25) is 5.02 Å². The third-order valence-electron chi connectivity index (χ3n) is 6.22. The molecule has 1 amide bonds. The van der Waals surface area contributed by atoms with E-state index in [1.54, 1.807) is 0 Å². The topological polar surface area (TPSA) is 79.6 Å². The van der Waals surface area contributed by atoms with Crippen LogP contribution >= 0.6 is 22.9 Å². The highest BCUT2D eigenvalue weighted by Crippen LogP contribution is 2.28. The fraction of sp³-hybridized carbons (Fsp3) is 0.455. The van der Waals surface area contributed by atoms with E-state index in [9.17, 15) is 9.59 Å². The van der Waals surface area contributed by atoms with Crippen LogP contribution in [-0.2, 0) is 24.2 Å². The molecule has 5 rings (SSSR count). The minimum absolute atomic E-state index is 0.0176. The standard InChI is InChI=1S/C22H24ClN5O2S/c23-17-7-3-1-5-15(17)13-24-19(29)14-9-11-27(12-10-14)22-26-28-20(30)16-6-2-4-8-18(16)25-21(28)31-22/h1,3,5,7,14H,2,4,6,8-13H2,(H,24,29). The number of aryl methyl sites for hydroxylation is 1. The number of nitrogens with zero attached hydrogens (tertiary/aromatic N) is 4. The number of amides is 1. The summed E-state index contributed by atoms with van der Waals surface area (Å²) in [7, 11) is 0. The molecule has 0 atom stereocenters. The summed E-state index contributed by atoms with van der Waals surface area (Å²) in [6.07, 6.45) is 5.31. The summed E-state index contributed by atoms with van der Waals surface area (Å²) in [6, 6.07) is 7.55. The number of nitrogens with one attached hydrogen (secondary N) is 1. The molecular weight excluding hydrogens is 434 g/mol. The molecule has 0 spiro atoms. The van der Waals surface area contributed by atoms with Crippen LogP contribution in [0.5, 0.6) is 0 Å². The molecule has 3 aromatic rings. The molecule has 31 heavy (non-hydrogen) atoms. The molecule has 0 saturated carbocycles. The summed E-state index contributed by atoms with van der Waals surface area (Å²) in [5.74, 6) is 0.0377. The summed E-state index contributed by atoms with van der Waals surface area (Å²) in [5, 5.41) is 9.06. The number of aromatic nitrogens is 3. The Bertz CT molecular complexity index is 1180. The van der Waals surface area contributed by atoms with Crippen molar-refractivity contribution in [2.75, 3.05) is 18.0 Å². The van der Waals surface area contributed by atoms with Gasteiger partial charge in [-0.25, -0.2) is 4.98 Å². The number of benzene rings is 1. The van der Waals surface area contributed by atoms with Gasteiger partial charge in [-0.3, -0.25) is 9.59 Å². The predicted octanol–water partition coefficient (Wildman–Crippen LogP) is 3.22. The van der Waals surface area contributed by atoms with Crippen molar-refractivity contribution < 1.29 is 4.79 Å². The van der Waals surface area contributed by atoms with Gasteiger partial charge in [0.05, 0.1) is 5.69 Å². The maximum atomic E-state index is 12.8. The molecule has 162 valence electrons. The Kier molecular flexibility index (Phi) is 5.67. The van der Waals surface area contributed by atoms with Crippen LogP contribution in [0.1, 0.15) is 42.5 Å². The second kappa shape index (κ2) is 8.59. The predicted molar refractivity (Wildman–Crippen MR) is 122 cm³/mol. The molecule has 1 fully saturated rings. The van der Waals surface area contributed by atoms with Crippen LogP contribution in [0.15, 0.2) is 29.1 Å². The van der Waals surface area contributed by atoms with Crippen LogP contribution in [0.3, 0.4) is 0 Å². The third-order valence-corrected chi connectivity index (χ3v) is 7.55. The SMILES string of the molecule is O=C(NCc1ccccc1Cl)C1CCN(c2nn3c(=O)c4c(nc3s2)CCCC4)CC1. The monoisotopic (exact) mass is 457 g/mol. The number of carbonyl (C=O) groups excluding carboxylic acids is 1. The van der Waals surface area contributed by atoms with Crippen molar-refractivity contribution in [3.63, 3.8) is 0 Å². The van der Waals surface area contributed by atoms with Gasteiger partial charge < -0.3 is 10.2 Å². The van der Waals surface area contributed by atoms with Crippen LogP contribution in [0, 0.1) is 5.92 Å². The molecule has 2 aromatic heterocycles. The number of rotatable bonds is 4. The second-order valence-electron chi connectivity index (χ2n) is 8.20. The Balaban J connectivity index is 1.24. The number of anilines is 1. The van der Waals surface area contributed by atoms with Crippen LogP contribution < -0.4 is 15.8 Å². The van der Waals surface area contributed by atoms with Crippen LogP contribution in [0.4, 0.5) is 5.13 Å². The highest BCUT2D eigenvalue weighted by Gasteiger charge is 2.27. The van der Waals surface area contributed by atoms with Gasteiger partial charge in [0, 0.05) is 36.1 Å². The molecule has 1 aliphatic carbocycles. The molecule has 1 aliphatic heterocycles. The van der Waals surface area contributed by atoms with Crippen molar-refractivity contribution in [3.05, 3.63) is 56.5 Å². The number of hydrogen-bond donors (Lipinski definition) is 1. The molecule has 2 aliphatic rings. The zero-order chi connectivity index (χ0) is 21.4. The van der Waals surface area contributed by atoms with Gasteiger partial charge in [0.15, 0.2) is 0 Å². The summed E-state index contributed by atoms with van der Waals surface area (Å²) in [5.41, 5.74) is 2.68. The molecular formula is C22H24ClN5O2S. The van der Waals surface area contributed by atoms with E-state index in [-0.39, 0.29) is 17.4 Å². The summed E-state index contributed by atoms with van der Waals surface area (Å²) in [4.78, 5) is 33.0. The highest BCUT2D eigenvalue weighted by molar-refractivity contribution is 7.20. The van der Waals surface area contributed by atoms with Gasteiger partial charge in [0.2, 0.25) is 16.0 Å². The van der Waals surface area contributed by atoms with E-state index in [0.29, 0.717) is 16.5 Å². The highest BCUT2D eigenvalue weighted by atomic mass is 35.5. The van der Waals surface area contributed by atoms with Crippen LogP contribution in [-0.4, -0.2) is 33.6 Å². The summed E-state index contributed by atoms with van der Waals surface area (Å²) in [6.45, 7) is 1.91. The normalized spacial score (nSPS) is 17.0. The van der Waals surface area contributed by atoms with Crippen LogP contribution in [0.25, 0.3) is 4.96 Å². The molecule has 9 heteroatoms. The zero-order valence-corrected chi connectivity index (χ0v) is 18.7. The Morgan fingerprint density at radius 1 is 1.19 bits per heavy atom. The van der Waals surface area contributed by atoms with Gasteiger partial charge in [-0.05, 0) is 50.2 Å². The summed E-state index contributed by atoms with van der Waals surface area (Å²) < 4.78 is 1.46. The first-order valence-corrected chi connectivity index (χ1v) is 12.0. The Morgan fingerprint density at radius 3 is 2.77 bits per heavy atom. The Labute approximate surface area is 189 Å². The molecule has 1 aromatic carbocycles. The van der Waals surface area contributed by atoms with E-state index in [4.69, 9.17) is 16.6 Å². The van der Waals surface area contributed by atoms with Crippen molar-refractivity contribution in [2.24, 2.45) is 5.92 Å². The first-order valence-electron chi connectivity index (χ1n) is 10.8. The number of carbonyl (C=O) groups is 1. The van der Waals surface area contributed by atoms with Crippen molar-refractivity contribution in [1.29, 1.82) is 0 Å². The van der Waals surface area contributed by atoms with Crippen molar-refractivity contribution >= 4 is 38.9 Å². The molecule has 0 bridgehead atoms. The van der Waals surface area contributed by atoms with Gasteiger partial charge in [-0.1, -0.05) is 41.1 Å². The minimum Gasteiger partial charge on any atom is -0.352 e. The van der Waals surface area contributed by atoms with E-state index in [1.807, 2.05) is 24.3 Å². The van der Waals surface area contributed by atoms with Gasteiger partial charge in [-0.2, -0.15) is 4.52 Å². The largest absolute Gasteiger partial charge is 0.352 e.